The maximum absolute atomic E-state index is 12.3. The number of benzene rings is 1. The predicted molar refractivity (Wildman–Crippen MR) is 81.2 cm³/mol. The first kappa shape index (κ1) is 16.0. The highest BCUT2D eigenvalue weighted by molar-refractivity contribution is 5.96. The van der Waals surface area contributed by atoms with Crippen molar-refractivity contribution in [2.45, 2.75) is 38.8 Å². The molecule has 1 aliphatic heterocycles. The number of rotatable bonds is 5. The Bertz CT molecular complexity index is 557. The molecule has 6 nitrogen and oxygen atoms in total. The van der Waals surface area contributed by atoms with Crippen LogP contribution in [0.25, 0.3) is 0 Å². The van der Waals surface area contributed by atoms with Gasteiger partial charge in [0.05, 0.1) is 0 Å². The fraction of sp³-hybridized carbons (Fsp3) is 0.438. The highest BCUT2D eigenvalue weighted by Gasteiger charge is 2.29. The smallest absolute Gasteiger partial charge is 0.329 e. The zero-order valence-corrected chi connectivity index (χ0v) is 12.7. The molecule has 0 bridgehead atoms. The first-order chi connectivity index (χ1) is 10.5. The summed E-state index contributed by atoms with van der Waals surface area (Å²) in [7, 11) is 0. The lowest BCUT2D eigenvalue weighted by Gasteiger charge is -2.26. The van der Waals surface area contributed by atoms with Gasteiger partial charge in [-0.2, -0.15) is 0 Å². The van der Waals surface area contributed by atoms with Gasteiger partial charge in [-0.1, -0.05) is 18.2 Å². The molecule has 118 valence electrons. The second kappa shape index (κ2) is 7.06. The quantitative estimate of drug-likeness (QED) is 0.831. The van der Waals surface area contributed by atoms with Crippen molar-refractivity contribution in [1.82, 2.24) is 5.32 Å². The van der Waals surface area contributed by atoms with Crippen molar-refractivity contribution in [1.29, 1.82) is 0 Å². The second-order valence-electron chi connectivity index (χ2n) is 5.46. The van der Waals surface area contributed by atoms with E-state index in [-0.39, 0.29) is 24.5 Å². The van der Waals surface area contributed by atoms with E-state index in [1.807, 2.05) is 44.2 Å². The van der Waals surface area contributed by atoms with Crippen LogP contribution in [0, 0.1) is 0 Å². The zero-order valence-electron chi connectivity index (χ0n) is 12.7. The molecule has 0 unspecified atom stereocenters. The number of carbonyl (C=O) groups excluding carboxylic acids is 3. The van der Waals surface area contributed by atoms with Crippen LogP contribution in [-0.4, -0.2) is 36.5 Å². The summed E-state index contributed by atoms with van der Waals surface area (Å²) in [6, 6.07) is 8.53. The van der Waals surface area contributed by atoms with E-state index >= 15 is 0 Å². The Morgan fingerprint density at radius 1 is 1.32 bits per heavy atom. The Balaban J connectivity index is 1.94. The van der Waals surface area contributed by atoms with Crippen LogP contribution in [-0.2, 0) is 19.1 Å². The molecule has 1 heterocycles. The van der Waals surface area contributed by atoms with Gasteiger partial charge in [0, 0.05) is 18.2 Å². The van der Waals surface area contributed by atoms with E-state index in [0.717, 1.165) is 5.69 Å². The van der Waals surface area contributed by atoms with Crippen LogP contribution in [0.5, 0.6) is 0 Å². The van der Waals surface area contributed by atoms with Gasteiger partial charge in [-0.05, 0) is 32.4 Å². The molecule has 1 fully saturated rings. The van der Waals surface area contributed by atoms with Gasteiger partial charge in [0.15, 0.2) is 6.61 Å². The molecule has 0 radical (unpaired) electrons. The number of nitrogens with one attached hydrogen (secondary N) is 1. The second-order valence-corrected chi connectivity index (χ2v) is 5.46. The van der Waals surface area contributed by atoms with Crippen molar-refractivity contribution in [2.24, 2.45) is 0 Å². The minimum absolute atomic E-state index is 0.0558. The highest BCUT2D eigenvalue weighted by Crippen LogP contribution is 2.17. The molecule has 0 aromatic heterocycles. The SMILES string of the molecule is CC(C)N(C(=O)COC(=O)[C@H]1CCC(=O)N1)c1ccccc1. The topological polar surface area (TPSA) is 75.7 Å². The third-order valence-corrected chi connectivity index (χ3v) is 3.44. The van der Waals surface area contributed by atoms with E-state index in [1.165, 1.54) is 0 Å². The van der Waals surface area contributed by atoms with Gasteiger partial charge in [-0.15, -0.1) is 0 Å². The van der Waals surface area contributed by atoms with E-state index in [1.54, 1.807) is 4.90 Å². The largest absolute Gasteiger partial charge is 0.454 e. The summed E-state index contributed by atoms with van der Waals surface area (Å²) < 4.78 is 5.04. The number of esters is 1. The molecule has 1 aliphatic rings. The van der Waals surface area contributed by atoms with Crippen molar-refractivity contribution in [3.05, 3.63) is 30.3 Å². The molecule has 6 heteroatoms. The fourth-order valence-electron chi connectivity index (χ4n) is 2.41. The molecule has 1 atom stereocenters. The Morgan fingerprint density at radius 3 is 2.55 bits per heavy atom. The number of ether oxygens (including phenoxy) is 1. The number of nitrogens with zero attached hydrogens (tertiary/aromatic N) is 1. The van der Waals surface area contributed by atoms with Gasteiger partial charge in [0.25, 0.3) is 5.91 Å². The van der Waals surface area contributed by atoms with Crippen LogP contribution in [0.3, 0.4) is 0 Å². The third-order valence-electron chi connectivity index (χ3n) is 3.44. The molecule has 2 rings (SSSR count). The summed E-state index contributed by atoms with van der Waals surface area (Å²) in [6.07, 6.45) is 0.730. The van der Waals surface area contributed by atoms with Gasteiger partial charge >= 0.3 is 5.97 Å². The van der Waals surface area contributed by atoms with Crippen LogP contribution in [0.15, 0.2) is 30.3 Å². The first-order valence-corrected chi connectivity index (χ1v) is 7.32. The summed E-state index contributed by atoms with van der Waals surface area (Å²) in [5.74, 6) is -1.02. The van der Waals surface area contributed by atoms with Crippen LogP contribution >= 0.6 is 0 Å². The normalized spacial score (nSPS) is 17.2. The number of para-hydroxylation sites is 1. The predicted octanol–water partition coefficient (Wildman–Crippen LogP) is 1.25. The van der Waals surface area contributed by atoms with E-state index in [2.05, 4.69) is 5.32 Å². The monoisotopic (exact) mass is 304 g/mol. The minimum Gasteiger partial charge on any atom is -0.454 e. The summed E-state index contributed by atoms with van der Waals surface area (Å²) in [4.78, 5) is 36.8. The maximum atomic E-state index is 12.3. The Labute approximate surface area is 129 Å². The van der Waals surface area contributed by atoms with Crippen LogP contribution < -0.4 is 10.2 Å². The number of amides is 2. The molecule has 0 aliphatic carbocycles. The maximum Gasteiger partial charge on any atom is 0.329 e. The Kier molecular flexibility index (Phi) is 5.14. The number of carbonyl (C=O) groups is 3. The lowest BCUT2D eigenvalue weighted by atomic mass is 10.2. The van der Waals surface area contributed by atoms with E-state index < -0.39 is 12.0 Å². The molecule has 1 saturated heterocycles. The first-order valence-electron chi connectivity index (χ1n) is 7.32. The number of anilines is 1. The van der Waals surface area contributed by atoms with E-state index in [4.69, 9.17) is 4.74 Å². The number of hydrogen-bond acceptors (Lipinski definition) is 4. The number of hydrogen-bond donors (Lipinski definition) is 1. The zero-order chi connectivity index (χ0) is 16.1. The molecular weight excluding hydrogens is 284 g/mol. The molecule has 1 aromatic rings. The van der Waals surface area contributed by atoms with Crippen molar-refractivity contribution < 1.29 is 19.1 Å². The molecule has 2 amide bonds. The molecule has 22 heavy (non-hydrogen) atoms. The van der Waals surface area contributed by atoms with Crippen LogP contribution in [0.1, 0.15) is 26.7 Å². The van der Waals surface area contributed by atoms with Crippen molar-refractivity contribution in [3.63, 3.8) is 0 Å². The third kappa shape index (κ3) is 3.84. The van der Waals surface area contributed by atoms with Gasteiger partial charge in [0.2, 0.25) is 5.91 Å². The molecule has 1 aromatic carbocycles. The summed E-state index contributed by atoms with van der Waals surface area (Å²) in [5, 5.41) is 2.52. The lowest BCUT2D eigenvalue weighted by molar-refractivity contribution is -0.150. The summed E-state index contributed by atoms with van der Waals surface area (Å²) in [5.41, 5.74) is 0.757. The lowest BCUT2D eigenvalue weighted by Crippen LogP contribution is -2.41. The Morgan fingerprint density at radius 2 is 2.00 bits per heavy atom. The standard InChI is InChI=1S/C16H20N2O4/c1-11(2)18(12-6-4-3-5-7-12)15(20)10-22-16(21)13-8-9-14(19)17-13/h3-7,11,13H,8-10H2,1-2H3,(H,17,19)/t13-/m1/s1. The van der Waals surface area contributed by atoms with Crippen molar-refractivity contribution in [2.75, 3.05) is 11.5 Å². The molecule has 1 N–H and O–H groups in total. The van der Waals surface area contributed by atoms with E-state index in [9.17, 15) is 14.4 Å². The average Bonchev–Trinajstić information content (AvgIpc) is 2.92. The van der Waals surface area contributed by atoms with Crippen LogP contribution in [0.4, 0.5) is 5.69 Å². The summed E-state index contributed by atoms with van der Waals surface area (Å²) >= 11 is 0. The van der Waals surface area contributed by atoms with Gasteiger partial charge in [-0.3, -0.25) is 9.59 Å². The summed E-state index contributed by atoms with van der Waals surface area (Å²) in [6.45, 7) is 3.45. The van der Waals surface area contributed by atoms with Crippen molar-refractivity contribution in [3.8, 4) is 0 Å². The van der Waals surface area contributed by atoms with Gasteiger partial charge in [-0.25, -0.2) is 4.79 Å². The molecule has 0 saturated carbocycles. The highest BCUT2D eigenvalue weighted by atomic mass is 16.5. The van der Waals surface area contributed by atoms with Gasteiger partial charge < -0.3 is 15.0 Å². The fourth-order valence-corrected chi connectivity index (χ4v) is 2.41. The van der Waals surface area contributed by atoms with Crippen molar-refractivity contribution >= 4 is 23.5 Å². The van der Waals surface area contributed by atoms with Crippen LogP contribution in [0.2, 0.25) is 0 Å². The van der Waals surface area contributed by atoms with E-state index in [0.29, 0.717) is 12.8 Å². The average molecular weight is 304 g/mol. The Hall–Kier alpha value is -2.37. The molecule has 0 spiro atoms. The van der Waals surface area contributed by atoms with Gasteiger partial charge in [0.1, 0.15) is 6.04 Å². The minimum atomic E-state index is -0.635. The molecular formula is C16H20N2O4.